The number of carbonyl (C=O) groups is 2. The molecule has 9 heteroatoms. The van der Waals surface area contributed by atoms with E-state index in [1.165, 1.54) is 24.1 Å². The molecule has 0 atom stereocenters. The number of hydrogen-bond donors (Lipinski definition) is 0. The molecule has 0 aliphatic carbocycles. The van der Waals surface area contributed by atoms with Crippen LogP contribution in [-0.4, -0.2) is 36.7 Å². The minimum atomic E-state index is -0.928. The van der Waals surface area contributed by atoms with E-state index in [-0.39, 0.29) is 22.7 Å². The number of nitro benzene ring substituents is 1. The third-order valence-corrected chi connectivity index (χ3v) is 3.86. The Bertz CT molecular complexity index is 953. The molecular weight excluding hydrogens is 342 g/mol. The minimum absolute atomic E-state index is 0.0133. The van der Waals surface area contributed by atoms with Gasteiger partial charge in [0.25, 0.3) is 5.91 Å². The van der Waals surface area contributed by atoms with Gasteiger partial charge in [-0.1, -0.05) is 23.4 Å². The van der Waals surface area contributed by atoms with Crippen LogP contribution in [0.15, 0.2) is 47.6 Å². The van der Waals surface area contributed by atoms with Gasteiger partial charge in [0.2, 0.25) is 0 Å². The highest BCUT2D eigenvalue weighted by atomic mass is 16.7. The number of ether oxygens (including phenoxy) is 1. The zero-order valence-corrected chi connectivity index (χ0v) is 13.8. The van der Waals surface area contributed by atoms with E-state index < -0.39 is 16.8 Å². The highest BCUT2D eigenvalue weighted by Gasteiger charge is 2.32. The molecule has 0 aromatic heterocycles. The molecule has 0 bridgehead atoms. The summed E-state index contributed by atoms with van der Waals surface area (Å²) in [5.74, 6) is -1.33. The van der Waals surface area contributed by atoms with Crippen LogP contribution in [0.25, 0.3) is 0 Å². The summed E-state index contributed by atoms with van der Waals surface area (Å²) in [5.41, 5.74) is 0.700. The number of nitro groups is 1. The molecule has 3 rings (SSSR count). The van der Waals surface area contributed by atoms with E-state index in [0.717, 1.165) is 6.07 Å². The molecule has 0 fully saturated rings. The Morgan fingerprint density at radius 2 is 1.96 bits per heavy atom. The number of rotatable bonds is 4. The van der Waals surface area contributed by atoms with Gasteiger partial charge in [0.15, 0.2) is 11.5 Å². The number of fused-ring (bicyclic) bond motifs is 1. The van der Waals surface area contributed by atoms with E-state index in [2.05, 4.69) is 5.16 Å². The van der Waals surface area contributed by atoms with Crippen molar-refractivity contribution < 1.29 is 24.1 Å². The lowest BCUT2D eigenvalue weighted by Crippen LogP contribution is -2.25. The highest BCUT2D eigenvalue weighted by Crippen LogP contribution is 2.29. The minimum Gasteiger partial charge on any atom is -0.490 e. The second kappa shape index (κ2) is 6.63. The average molecular weight is 355 g/mol. The molecule has 1 aliphatic heterocycles. The van der Waals surface area contributed by atoms with Crippen LogP contribution in [-0.2, 0) is 9.63 Å². The molecule has 0 spiro atoms. The van der Waals surface area contributed by atoms with Crippen molar-refractivity contribution in [3.63, 3.8) is 0 Å². The SMILES string of the molecule is COc1ccc(C(=O)O/N=C2\C(=O)N(C)c3ccccc32)cc1[N+](=O)[O-]. The summed E-state index contributed by atoms with van der Waals surface area (Å²) in [6.45, 7) is 0. The second-order valence-electron chi connectivity index (χ2n) is 5.34. The largest absolute Gasteiger partial charge is 0.490 e. The van der Waals surface area contributed by atoms with Crippen molar-refractivity contribution in [1.29, 1.82) is 0 Å². The lowest BCUT2D eigenvalue weighted by Gasteiger charge is -2.07. The molecule has 2 aromatic carbocycles. The molecule has 0 N–H and O–H groups in total. The van der Waals surface area contributed by atoms with Crippen LogP contribution in [0.5, 0.6) is 5.75 Å². The average Bonchev–Trinajstić information content (AvgIpc) is 2.90. The molecule has 2 aromatic rings. The third kappa shape index (κ3) is 2.86. The summed E-state index contributed by atoms with van der Waals surface area (Å²) in [6.07, 6.45) is 0. The lowest BCUT2D eigenvalue weighted by atomic mass is 10.1. The monoisotopic (exact) mass is 355 g/mol. The van der Waals surface area contributed by atoms with Gasteiger partial charge in [0, 0.05) is 18.7 Å². The molecule has 26 heavy (non-hydrogen) atoms. The van der Waals surface area contributed by atoms with Crippen molar-refractivity contribution >= 4 is 29.0 Å². The topological polar surface area (TPSA) is 111 Å². The van der Waals surface area contributed by atoms with Crippen LogP contribution in [0, 0.1) is 10.1 Å². The van der Waals surface area contributed by atoms with Gasteiger partial charge < -0.3 is 14.5 Å². The van der Waals surface area contributed by atoms with E-state index >= 15 is 0 Å². The fourth-order valence-corrected chi connectivity index (χ4v) is 2.54. The third-order valence-electron chi connectivity index (χ3n) is 3.86. The van der Waals surface area contributed by atoms with Crippen LogP contribution in [0.3, 0.4) is 0 Å². The first-order valence-corrected chi connectivity index (χ1v) is 7.43. The Morgan fingerprint density at radius 3 is 2.65 bits per heavy atom. The summed E-state index contributed by atoms with van der Waals surface area (Å²) >= 11 is 0. The van der Waals surface area contributed by atoms with Gasteiger partial charge in [-0.05, 0) is 18.2 Å². The Kier molecular flexibility index (Phi) is 4.36. The zero-order valence-electron chi connectivity index (χ0n) is 13.8. The smallest absolute Gasteiger partial charge is 0.366 e. The Morgan fingerprint density at radius 1 is 1.23 bits per heavy atom. The maximum absolute atomic E-state index is 12.2. The van der Waals surface area contributed by atoms with Crippen molar-refractivity contribution in [3.05, 3.63) is 63.7 Å². The van der Waals surface area contributed by atoms with Crippen LogP contribution >= 0.6 is 0 Å². The first kappa shape index (κ1) is 17.1. The normalized spacial score (nSPS) is 14.3. The Labute approximate surface area is 147 Å². The number of amides is 1. The molecule has 1 heterocycles. The van der Waals surface area contributed by atoms with Crippen LogP contribution in [0.2, 0.25) is 0 Å². The standard InChI is InChI=1S/C17H13N3O6/c1-19-12-6-4-3-5-11(12)15(16(19)21)18-26-17(22)10-7-8-14(25-2)13(9-10)20(23)24/h3-9H,1-2H3/b18-15-. The van der Waals surface area contributed by atoms with Crippen LogP contribution in [0.4, 0.5) is 11.4 Å². The molecule has 132 valence electrons. The van der Waals surface area contributed by atoms with E-state index in [1.807, 2.05) is 0 Å². The first-order chi connectivity index (χ1) is 12.4. The molecule has 1 aliphatic rings. The van der Waals surface area contributed by atoms with Gasteiger partial charge >= 0.3 is 11.7 Å². The second-order valence-corrected chi connectivity index (χ2v) is 5.34. The lowest BCUT2D eigenvalue weighted by molar-refractivity contribution is -0.385. The van der Waals surface area contributed by atoms with Gasteiger partial charge in [-0.2, -0.15) is 0 Å². The first-order valence-electron chi connectivity index (χ1n) is 7.43. The van der Waals surface area contributed by atoms with Crippen molar-refractivity contribution in [1.82, 2.24) is 0 Å². The molecule has 1 amide bonds. The number of benzene rings is 2. The van der Waals surface area contributed by atoms with Crippen molar-refractivity contribution in [2.24, 2.45) is 5.16 Å². The fraction of sp³-hybridized carbons (Fsp3) is 0.118. The molecule has 0 radical (unpaired) electrons. The van der Waals surface area contributed by atoms with Crippen molar-refractivity contribution in [2.45, 2.75) is 0 Å². The Balaban J connectivity index is 1.88. The molecule has 0 saturated heterocycles. The van der Waals surface area contributed by atoms with E-state index in [0.29, 0.717) is 11.3 Å². The Hall–Kier alpha value is -3.75. The molecule has 0 unspecified atom stereocenters. The van der Waals surface area contributed by atoms with E-state index in [1.54, 1.807) is 31.3 Å². The molecule has 9 nitrogen and oxygen atoms in total. The van der Waals surface area contributed by atoms with Gasteiger partial charge in [-0.15, -0.1) is 0 Å². The summed E-state index contributed by atoms with van der Waals surface area (Å²) < 4.78 is 4.88. The molecular formula is C17H13N3O6. The number of carbonyl (C=O) groups excluding carboxylic acids is 2. The van der Waals surface area contributed by atoms with Crippen LogP contribution < -0.4 is 9.64 Å². The van der Waals surface area contributed by atoms with Crippen LogP contribution in [0.1, 0.15) is 15.9 Å². The van der Waals surface area contributed by atoms with Gasteiger partial charge in [0.05, 0.1) is 23.3 Å². The number of hydrogen-bond acceptors (Lipinski definition) is 7. The number of likely N-dealkylation sites (N-methyl/N-ethyl adjacent to an activating group) is 1. The predicted molar refractivity (Wildman–Crippen MR) is 91.5 cm³/mol. The molecule has 0 saturated carbocycles. The summed E-state index contributed by atoms with van der Waals surface area (Å²) in [5, 5.41) is 14.7. The quantitative estimate of drug-likeness (QED) is 0.472. The number of nitrogens with zero attached hydrogens (tertiary/aromatic N) is 3. The number of methoxy groups -OCH3 is 1. The van der Waals surface area contributed by atoms with Gasteiger partial charge in [0.1, 0.15) is 0 Å². The van der Waals surface area contributed by atoms with Crippen molar-refractivity contribution in [2.75, 3.05) is 19.1 Å². The van der Waals surface area contributed by atoms with E-state index in [9.17, 15) is 19.7 Å². The highest BCUT2D eigenvalue weighted by molar-refractivity contribution is 6.54. The summed E-state index contributed by atoms with van der Waals surface area (Å²) in [6, 6.07) is 10.5. The number of para-hydroxylation sites is 1. The maximum atomic E-state index is 12.2. The fourth-order valence-electron chi connectivity index (χ4n) is 2.54. The number of anilines is 1. The van der Waals surface area contributed by atoms with Crippen molar-refractivity contribution in [3.8, 4) is 5.75 Å². The van der Waals surface area contributed by atoms with Gasteiger partial charge in [-0.3, -0.25) is 14.9 Å². The number of oxime groups is 1. The summed E-state index contributed by atoms with van der Waals surface area (Å²) in [7, 11) is 2.87. The maximum Gasteiger partial charge on any atom is 0.366 e. The zero-order chi connectivity index (χ0) is 18.8. The van der Waals surface area contributed by atoms with Gasteiger partial charge in [-0.25, -0.2) is 4.79 Å². The predicted octanol–water partition coefficient (Wildman–Crippen LogP) is 2.14. The summed E-state index contributed by atoms with van der Waals surface area (Å²) in [4.78, 5) is 41.0. The van der Waals surface area contributed by atoms with E-state index in [4.69, 9.17) is 9.57 Å².